The minimum Gasteiger partial charge on any atom is -0.376 e. The first-order chi connectivity index (χ1) is 12.2. The Labute approximate surface area is 147 Å². The molecule has 1 amide bonds. The standard InChI is InChI=1S/C16H17N5O3S/c22-15(17-8-11-3-1-5-24-11)9-20-16(23)13-7-12(14-4-2-6-25-14)19-21(13)10-18-20/h2,4,6-7,10-11H,1,3,5,8-9H2,(H,17,22)/t11-/m1/s1. The summed E-state index contributed by atoms with van der Waals surface area (Å²) in [6, 6.07) is 5.59. The van der Waals surface area contributed by atoms with Gasteiger partial charge in [-0.15, -0.1) is 11.3 Å². The fourth-order valence-electron chi connectivity index (χ4n) is 2.82. The quantitative estimate of drug-likeness (QED) is 0.731. The number of hydrogen-bond donors (Lipinski definition) is 1. The van der Waals surface area contributed by atoms with Crippen LogP contribution in [0.1, 0.15) is 12.8 Å². The van der Waals surface area contributed by atoms with Gasteiger partial charge in [0, 0.05) is 13.2 Å². The normalized spacial score (nSPS) is 17.2. The molecule has 1 saturated heterocycles. The van der Waals surface area contributed by atoms with Crippen LogP contribution in [0.5, 0.6) is 0 Å². The van der Waals surface area contributed by atoms with E-state index in [1.807, 2.05) is 17.5 Å². The maximum Gasteiger partial charge on any atom is 0.293 e. The first kappa shape index (κ1) is 16.0. The molecule has 0 unspecified atom stereocenters. The number of aromatic nitrogens is 4. The molecule has 0 saturated carbocycles. The second-order valence-corrected chi connectivity index (χ2v) is 6.82. The minimum absolute atomic E-state index is 0.0688. The number of fused-ring (bicyclic) bond motifs is 1. The molecular formula is C16H17N5O3S. The molecule has 1 fully saturated rings. The number of rotatable bonds is 5. The van der Waals surface area contributed by atoms with Crippen LogP contribution in [0.15, 0.2) is 34.7 Å². The van der Waals surface area contributed by atoms with Crippen molar-refractivity contribution in [1.29, 1.82) is 0 Å². The summed E-state index contributed by atoms with van der Waals surface area (Å²) in [5.74, 6) is -0.257. The predicted octanol–water partition coefficient (Wildman–Crippen LogP) is 0.915. The van der Waals surface area contributed by atoms with Crippen molar-refractivity contribution in [2.75, 3.05) is 13.2 Å². The minimum atomic E-state index is -0.343. The molecule has 9 heteroatoms. The molecule has 0 aliphatic carbocycles. The van der Waals surface area contributed by atoms with Gasteiger partial charge in [0.2, 0.25) is 5.91 Å². The maximum absolute atomic E-state index is 12.5. The van der Waals surface area contributed by atoms with Crippen LogP contribution in [-0.4, -0.2) is 44.6 Å². The van der Waals surface area contributed by atoms with Gasteiger partial charge in [-0.3, -0.25) is 9.59 Å². The highest BCUT2D eigenvalue weighted by Crippen LogP contribution is 2.23. The van der Waals surface area contributed by atoms with Crippen LogP contribution < -0.4 is 10.9 Å². The fraction of sp³-hybridized carbons (Fsp3) is 0.375. The number of ether oxygens (including phenoxy) is 1. The van der Waals surface area contributed by atoms with Gasteiger partial charge in [0.1, 0.15) is 24.1 Å². The molecule has 130 valence electrons. The number of nitrogens with one attached hydrogen (secondary N) is 1. The van der Waals surface area contributed by atoms with E-state index in [9.17, 15) is 9.59 Å². The van der Waals surface area contributed by atoms with E-state index in [2.05, 4.69) is 15.5 Å². The molecule has 4 rings (SSSR count). The molecule has 4 heterocycles. The summed E-state index contributed by atoms with van der Waals surface area (Å²) >= 11 is 1.55. The average molecular weight is 359 g/mol. The molecule has 0 spiro atoms. The van der Waals surface area contributed by atoms with Crippen LogP contribution in [0.2, 0.25) is 0 Å². The van der Waals surface area contributed by atoms with Crippen LogP contribution in [-0.2, 0) is 16.1 Å². The maximum atomic E-state index is 12.5. The van der Waals surface area contributed by atoms with Gasteiger partial charge in [-0.2, -0.15) is 10.2 Å². The summed E-state index contributed by atoms with van der Waals surface area (Å²) in [6.07, 6.45) is 3.48. The van der Waals surface area contributed by atoms with Crippen molar-refractivity contribution in [1.82, 2.24) is 24.7 Å². The number of thiophene rings is 1. The molecule has 8 nitrogen and oxygen atoms in total. The molecule has 3 aromatic rings. The van der Waals surface area contributed by atoms with Crippen molar-refractivity contribution in [3.63, 3.8) is 0 Å². The number of carbonyl (C=O) groups is 1. The van der Waals surface area contributed by atoms with Gasteiger partial charge in [-0.05, 0) is 30.4 Å². The molecule has 0 aromatic carbocycles. The van der Waals surface area contributed by atoms with Crippen molar-refractivity contribution < 1.29 is 9.53 Å². The number of amides is 1. The van der Waals surface area contributed by atoms with E-state index in [1.165, 1.54) is 10.8 Å². The van der Waals surface area contributed by atoms with Crippen LogP contribution in [0.4, 0.5) is 0 Å². The Hall–Kier alpha value is -2.52. The molecular weight excluding hydrogens is 342 g/mol. The van der Waals surface area contributed by atoms with Gasteiger partial charge in [0.15, 0.2) is 0 Å². The molecule has 3 aromatic heterocycles. The van der Waals surface area contributed by atoms with Crippen molar-refractivity contribution in [2.24, 2.45) is 0 Å². The van der Waals surface area contributed by atoms with E-state index in [0.717, 1.165) is 34.7 Å². The highest BCUT2D eigenvalue weighted by molar-refractivity contribution is 7.13. The second-order valence-electron chi connectivity index (χ2n) is 5.87. The molecule has 1 aliphatic rings. The summed E-state index contributed by atoms with van der Waals surface area (Å²) in [4.78, 5) is 25.6. The smallest absolute Gasteiger partial charge is 0.293 e. The van der Waals surface area contributed by atoms with Gasteiger partial charge in [0.05, 0.1) is 11.0 Å². The predicted molar refractivity (Wildman–Crippen MR) is 92.5 cm³/mol. The summed E-state index contributed by atoms with van der Waals surface area (Å²) in [5.41, 5.74) is 0.768. The zero-order chi connectivity index (χ0) is 17.2. The Kier molecular flexibility index (Phi) is 4.33. The highest BCUT2D eigenvalue weighted by atomic mass is 32.1. The average Bonchev–Trinajstić information content (AvgIpc) is 3.36. The van der Waals surface area contributed by atoms with E-state index >= 15 is 0 Å². The number of hydrogen-bond acceptors (Lipinski definition) is 6. The Balaban J connectivity index is 1.50. The Morgan fingerprint density at radius 2 is 2.40 bits per heavy atom. The Morgan fingerprint density at radius 1 is 1.48 bits per heavy atom. The Bertz CT molecular complexity index is 940. The van der Waals surface area contributed by atoms with Crippen molar-refractivity contribution in [3.8, 4) is 10.6 Å². The van der Waals surface area contributed by atoms with E-state index in [4.69, 9.17) is 4.74 Å². The zero-order valence-electron chi connectivity index (χ0n) is 13.4. The van der Waals surface area contributed by atoms with Gasteiger partial charge in [0.25, 0.3) is 5.56 Å². The van der Waals surface area contributed by atoms with Gasteiger partial charge in [-0.1, -0.05) is 6.07 Å². The van der Waals surface area contributed by atoms with E-state index in [-0.39, 0.29) is 24.1 Å². The second kappa shape index (κ2) is 6.77. The van der Waals surface area contributed by atoms with Crippen molar-refractivity contribution in [3.05, 3.63) is 40.3 Å². The summed E-state index contributed by atoms with van der Waals surface area (Å²) in [7, 11) is 0. The van der Waals surface area contributed by atoms with E-state index in [1.54, 1.807) is 17.4 Å². The van der Waals surface area contributed by atoms with E-state index < -0.39 is 0 Å². The topological polar surface area (TPSA) is 90.5 Å². The fourth-order valence-corrected chi connectivity index (χ4v) is 3.50. The van der Waals surface area contributed by atoms with Gasteiger partial charge in [-0.25, -0.2) is 9.20 Å². The number of nitrogens with zero attached hydrogens (tertiary/aromatic N) is 4. The molecule has 1 N–H and O–H groups in total. The summed E-state index contributed by atoms with van der Waals surface area (Å²) in [5, 5.41) is 13.1. The Morgan fingerprint density at radius 3 is 3.16 bits per heavy atom. The lowest BCUT2D eigenvalue weighted by Crippen LogP contribution is -2.37. The van der Waals surface area contributed by atoms with Gasteiger partial charge >= 0.3 is 0 Å². The summed E-state index contributed by atoms with van der Waals surface area (Å²) in [6.45, 7) is 1.08. The first-order valence-electron chi connectivity index (χ1n) is 8.08. The summed E-state index contributed by atoms with van der Waals surface area (Å²) < 4.78 is 8.06. The molecule has 1 aliphatic heterocycles. The molecule has 25 heavy (non-hydrogen) atoms. The van der Waals surface area contributed by atoms with Crippen LogP contribution in [0, 0.1) is 0 Å². The third kappa shape index (κ3) is 3.33. The lowest BCUT2D eigenvalue weighted by atomic mass is 10.2. The van der Waals surface area contributed by atoms with Crippen LogP contribution in [0.25, 0.3) is 16.1 Å². The zero-order valence-corrected chi connectivity index (χ0v) is 14.2. The lowest BCUT2D eigenvalue weighted by Gasteiger charge is -2.11. The number of carbonyl (C=O) groups excluding carboxylic acids is 1. The first-order valence-corrected chi connectivity index (χ1v) is 8.96. The monoisotopic (exact) mass is 359 g/mol. The third-order valence-corrected chi connectivity index (χ3v) is 5.00. The molecule has 0 bridgehead atoms. The SMILES string of the molecule is O=C(Cn1ncn2nc(-c3cccs3)cc2c1=O)NC[C@H]1CCCO1. The molecule has 0 radical (unpaired) electrons. The van der Waals surface area contributed by atoms with Crippen molar-refractivity contribution in [2.45, 2.75) is 25.5 Å². The van der Waals surface area contributed by atoms with Crippen LogP contribution in [0.3, 0.4) is 0 Å². The van der Waals surface area contributed by atoms with Crippen molar-refractivity contribution >= 4 is 22.8 Å². The van der Waals surface area contributed by atoms with E-state index in [0.29, 0.717) is 12.1 Å². The largest absolute Gasteiger partial charge is 0.376 e. The van der Waals surface area contributed by atoms with Crippen LogP contribution >= 0.6 is 11.3 Å². The third-order valence-electron chi connectivity index (χ3n) is 4.11. The lowest BCUT2D eigenvalue weighted by molar-refractivity contribution is -0.122. The molecule has 1 atom stereocenters. The van der Waals surface area contributed by atoms with Gasteiger partial charge < -0.3 is 10.1 Å². The highest BCUT2D eigenvalue weighted by Gasteiger charge is 2.17.